The summed E-state index contributed by atoms with van der Waals surface area (Å²) in [6, 6.07) is 19.8. The lowest BCUT2D eigenvalue weighted by Crippen LogP contribution is -2.59. The standard InChI is InChI=1S/C24H29N3O2/c28-22(17-21-24(29)25-15-16-27(21)20-13-7-8-14-20)26-23(18-9-3-1-4-10-18)19-11-5-2-6-12-19/h1-6,9-12,20-21,23H,7-8,13-17H2,(H,25,29)(H,26,28)/t21-/m0/s1. The summed E-state index contributed by atoms with van der Waals surface area (Å²) >= 11 is 0. The molecule has 4 rings (SSSR count). The van der Waals surface area contributed by atoms with Gasteiger partial charge < -0.3 is 10.6 Å². The van der Waals surface area contributed by atoms with Crippen molar-refractivity contribution in [2.75, 3.05) is 13.1 Å². The highest BCUT2D eigenvalue weighted by atomic mass is 16.2. The van der Waals surface area contributed by atoms with Crippen LogP contribution in [-0.4, -0.2) is 41.9 Å². The quantitative estimate of drug-likeness (QED) is 0.796. The molecule has 29 heavy (non-hydrogen) atoms. The zero-order valence-electron chi connectivity index (χ0n) is 16.7. The van der Waals surface area contributed by atoms with E-state index in [-0.39, 0.29) is 30.3 Å². The van der Waals surface area contributed by atoms with Crippen molar-refractivity contribution in [3.63, 3.8) is 0 Å². The normalized spacial score (nSPS) is 20.6. The van der Waals surface area contributed by atoms with Crippen LogP contribution in [0.1, 0.15) is 49.3 Å². The Labute approximate surface area is 172 Å². The Kier molecular flexibility index (Phi) is 6.25. The summed E-state index contributed by atoms with van der Waals surface area (Å²) in [7, 11) is 0. The van der Waals surface area contributed by atoms with E-state index in [4.69, 9.17) is 0 Å². The summed E-state index contributed by atoms with van der Waals surface area (Å²) in [5, 5.41) is 6.13. The summed E-state index contributed by atoms with van der Waals surface area (Å²) in [6.07, 6.45) is 4.88. The number of hydrogen-bond donors (Lipinski definition) is 2. The molecule has 2 N–H and O–H groups in total. The molecule has 1 heterocycles. The Hall–Kier alpha value is -2.66. The zero-order chi connectivity index (χ0) is 20.1. The Morgan fingerprint density at radius 2 is 1.59 bits per heavy atom. The molecule has 0 bridgehead atoms. The van der Waals surface area contributed by atoms with Gasteiger partial charge in [-0.05, 0) is 24.0 Å². The molecule has 5 nitrogen and oxygen atoms in total. The van der Waals surface area contributed by atoms with Crippen LogP contribution in [0.4, 0.5) is 0 Å². The highest BCUT2D eigenvalue weighted by Crippen LogP contribution is 2.27. The molecule has 2 aromatic rings. The third kappa shape index (κ3) is 4.67. The molecule has 0 spiro atoms. The number of nitrogens with one attached hydrogen (secondary N) is 2. The van der Waals surface area contributed by atoms with Gasteiger partial charge in [0, 0.05) is 19.1 Å². The minimum Gasteiger partial charge on any atom is -0.353 e. The third-order valence-corrected chi connectivity index (χ3v) is 6.12. The van der Waals surface area contributed by atoms with E-state index in [2.05, 4.69) is 15.5 Å². The second-order valence-corrected chi connectivity index (χ2v) is 8.01. The van der Waals surface area contributed by atoms with E-state index >= 15 is 0 Å². The maximum Gasteiger partial charge on any atom is 0.237 e. The van der Waals surface area contributed by atoms with Gasteiger partial charge in [-0.2, -0.15) is 0 Å². The molecule has 2 aliphatic rings. The first-order valence-corrected chi connectivity index (χ1v) is 10.6. The molecular formula is C24H29N3O2. The largest absolute Gasteiger partial charge is 0.353 e. The van der Waals surface area contributed by atoms with Crippen LogP contribution in [0.15, 0.2) is 60.7 Å². The molecule has 1 atom stereocenters. The molecule has 5 heteroatoms. The van der Waals surface area contributed by atoms with Gasteiger partial charge in [0.2, 0.25) is 11.8 Å². The van der Waals surface area contributed by atoms with E-state index in [1.807, 2.05) is 60.7 Å². The van der Waals surface area contributed by atoms with Gasteiger partial charge in [-0.25, -0.2) is 0 Å². The molecule has 0 unspecified atom stereocenters. The van der Waals surface area contributed by atoms with Crippen LogP contribution in [0.3, 0.4) is 0 Å². The maximum atomic E-state index is 13.1. The van der Waals surface area contributed by atoms with E-state index in [0.717, 1.165) is 30.5 Å². The SMILES string of the molecule is O=C(C[C@H]1C(=O)NCCN1C1CCCC1)NC(c1ccccc1)c1ccccc1. The van der Waals surface area contributed by atoms with Crippen LogP contribution < -0.4 is 10.6 Å². The lowest BCUT2D eigenvalue weighted by atomic mass is 9.98. The number of nitrogens with zero attached hydrogens (tertiary/aromatic N) is 1. The molecule has 2 amide bonds. The van der Waals surface area contributed by atoms with Gasteiger partial charge in [0.15, 0.2) is 0 Å². The molecule has 1 aliphatic heterocycles. The van der Waals surface area contributed by atoms with Crippen molar-refractivity contribution in [3.8, 4) is 0 Å². The third-order valence-electron chi connectivity index (χ3n) is 6.12. The number of carbonyl (C=O) groups excluding carboxylic acids is 2. The second-order valence-electron chi connectivity index (χ2n) is 8.01. The van der Waals surface area contributed by atoms with Crippen LogP contribution in [0.2, 0.25) is 0 Å². The molecule has 2 aromatic carbocycles. The lowest BCUT2D eigenvalue weighted by Gasteiger charge is -2.39. The Morgan fingerprint density at radius 3 is 2.17 bits per heavy atom. The van der Waals surface area contributed by atoms with Crippen molar-refractivity contribution in [2.24, 2.45) is 0 Å². The predicted molar refractivity (Wildman–Crippen MR) is 113 cm³/mol. The number of hydrogen-bond acceptors (Lipinski definition) is 3. The second kappa shape index (κ2) is 9.23. The highest BCUT2D eigenvalue weighted by Gasteiger charge is 2.37. The van der Waals surface area contributed by atoms with Crippen LogP contribution >= 0.6 is 0 Å². The van der Waals surface area contributed by atoms with E-state index in [0.29, 0.717) is 12.6 Å². The first-order valence-electron chi connectivity index (χ1n) is 10.6. The Morgan fingerprint density at radius 1 is 1.00 bits per heavy atom. The summed E-state index contributed by atoms with van der Waals surface area (Å²) in [4.78, 5) is 27.9. The van der Waals surface area contributed by atoms with Gasteiger partial charge in [-0.3, -0.25) is 14.5 Å². The van der Waals surface area contributed by atoms with Crippen LogP contribution in [0.25, 0.3) is 0 Å². The minimum atomic E-state index is -0.376. The van der Waals surface area contributed by atoms with Crippen LogP contribution in [0, 0.1) is 0 Å². The van der Waals surface area contributed by atoms with Gasteiger partial charge in [-0.1, -0.05) is 73.5 Å². The average Bonchev–Trinajstić information content (AvgIpc) is 3.29. The first-order chi connectivity index (χ1) is 14.2. The molecule has 2 fully saturated rings. The molecule has 0 radical (unpaired) electrons. The van der Waals surface area contributed by atoms with E-state index in [1.165, 1.54) is 12.8 Å². The highest BCUT2D eigenvalue weighted by molar-refractivity contribution is 5.89. The van der Waals surface area contributed by atoms with Gasteiger partial charge >= 0.3 is 0 Å². The van der Waals surface area contributed by atoms with E-state index in [9.17, 15) is 9.59 Å². The number of benzene rings is 2. The Balaban J connectivity index is 1.50. The van der Waals surface area contributed by atoms with Crippen molar-refractivity contribution in [3.05, 3.63) is 71.8 Å². The van der Waals surface area contributed by atoms with Crippen LogP contribution in [0.5, 0.6) is 0 Å². The fourth-order valence-corrected chi connectivity index (χ4v) is 4.66. The van der Waals surface area contributed by atoms with Crippen molar-refractivity contribution in [2.45, 2.75) is 50.2 Å². The fourth-order valence-electron chi connectivity index (χ4n) is 4.66. The monoisotopic (exact) mass is 391 g/mol. The molecule has 1 aliphatic carbocycles. The first kappa shape index (κ1) is 19.6. The molecule has 0 aromatic heterocycles. The molecular weight excluding hydrogens is 362 g/mol. The molecule has 1 saturated carbocycles. The van der Waals surface area contributed by atoms with Crippen LogP contribution in [-0.2, 0) is 9.59 Å². The predicted octanol–water partition coefficient (Wildman–Crippen LogP) is 3.03. The topological polar surface area (TPSA) is 61.4 Å². The number of piperazine rings is 1. The summed E-state index contributed by atoms with van der Waals surface area (Å²) in [5.41, 5.74) is 2.07. The smallest absolute Gasteiger partial charge is 0.237 e. The number of amides is 2. The average molecular weight is 392 g/mol. The summed E-state index contributed by atoms with van der Waals surface area (Å²) < 4.78 is 0. The fraction of sp³-hybridized carbons (Fsp3) is 0.417. The van der Waals surface area contributed by atoms with Gasteiger partial charge in [0.1, 0.15) is 0 Å². The number of rotatable bonds is 6. The van der Waals surface area contributed by atoms with Gasteiger partial charge in [-0.15, -0.1) is 0 Å². The zero-order valence-corrected chi connectivity index (χ0v) is 16.7. The van der Waals surface area contributed by atoms with Crippen molar-refractivity contribution >= 4 is 11.8 Å². The summed E-state index contributed by atoms with van der Waals surface area (Å²) in [6.45, 7) is 1.50. The van der Waals surface area contributed by atoms with Crippen molar-refractivity contribution in [1.82, 2.24) is 15.5 Å². The van der Waals surface area contributed by atoms with E-state index < -0.39 is 0 Å². The maximum absolute atomic E-state index is 13.1. The van der Waals surface area contributed by atoms with Crippen molar-refractivity contribution < 1.29 is 9.59 Å². The Bertz CT molecular complexity index is 779. The molecule has 152 valence electrons. The number of carbonyl (C=O) groups is 2. The summed E-state index contributed by atoms with van der Waals surface area (Å²) in [5.74, 6) is -0.109. The van der Waals surface area contributed by atoms with Gasteiger partial charge in [0.25, 0.3) is 0 Å². The molecule has 1 saturated heterocycles. The lowest BCUT2D eigenvalue weighted by molar-refractivity contribution is -0.135. The minimum absolute atomic E-state index is 0.0192. The van der Waals surface area contributed by atoms with Crippen molar-refractivity contribution in [1.29, 1.82) is 0 Å². The van der Waals surface area contributed by atoms with E-state index in [1.54, 1.807) is 0 Å². The van der Waals surface area contributed by atoms with Gasteiger partial charge in [0.05, 0.1) is 18.5 Å².